The van der Waals surface area contributed by atoms with Crippen LogP contribution in [-0.4, -0.2) is 59.3 Å². The third kappa shape index (κ3) is 5.45. The number of rotatable bonds is 5. The molecule has 3 aliphatic heterocycles. The number of carbonyl (C=O) groups excluding carboxylic acids is 2. The fourth-order valence-electron chi connectivity index (χ4n) is 6.40. The predicted octanol–water partition coefficient (Wildman–Crippen LogP) is 5.96. The van der Waals surface area contributed by atoms with Crippen LogP contribution in [0.1, 0.15) is 68.4 Å². The van der Waals surface area contributed by atoms with Crippen molar-refractivity contribution in [1.29, 1.82) is 0 Å². The summed E-state index contributed by atoms with van der Waals surface area (Å²) >= 11 is 8.17. The van der Waals surface area contributed by atoms with Crippen molar-refractivity contribution >= 4 is 46.8 Å². The molecule has 1 fully saturated rings. The van der Waals surface area contributed by atoms with E-state index in [1.807, 2.05) is 41.3 Å². The molecule has 2 aromatic rings. The molecule has 214 valence electrons. The van der Waals surface area contributed by atoms with Crippen LogP contribution in [0.2, 0.25) is 5.02 Å². The van der Waals surface area contributed by atoms with E-state index in [2.05, 4.69) is 20.8 Å². The third-order valence-corrected chi connectivity index (χ3v) is 10.2. The van der Waals surface area contributed by atoms with E-state index in [-0.39, 0.29) is 34.9 Å². The summed E-state index contributed by atoms with van der Waals surface area (Å²) in [5.41, 5.74) is 3.70. The van der Waals surface area contributed by atoms with Gasteiger partial charge in [0.2, 0.25) is 11.8 Å². The molecule has 40 heavy (non-hydrogen) atoms. The number of amides is 2. The van der Waals surface area contributed by atoms with Gasteiger partial charge in [-0.2, -0.15) is 0 Å². The van der Waals surface area contributed by atoms with Crippen LogP contribution in [0, 0.1) is 11.3 Å². The van der Waals surface area contributed by atoms with E-state index in [4.69, 9.17) is 16.3 Å². The maximum Gasteiger partial charge on any atom is 0.306 e. The van der Waals surface area contributed by atoms with Crippen LogP contribution in [-0.2, 0) is 20.8 Å². The number of hydrogen-bond donors (Lipinski definition) is 1. The molecule has 0 unspecified atom stereocenters. The van der Waals surface area contributed by atoms with E-state index in [1.54, 1.807) is 12.0 Å². The fraction of sp³-hybridized carbons (Fsp3) is 0.516. The molecule has 2 aromatic carbocycles. The molecule has 3 heterocycles. The number of hydrogen-bond acceptors (Lipinski definition) is 5. The molecule has 0 aromatic heterocycles. The van der Waals surface area contributed by atoms with Crippen molar-refractivity contribution in [2.24, 2.45) is 11.3 Å². The summed E-state index contributed by atoms with van der Waals surface area (Å²) in [6, 6.07) is 11.7. The zero-order valence-electron chi connectivity index (χ0n) is 23.5. The molecule has 0 bridgehead atoms. The number of nitrogens with zero attached hydrogens (tertiary/aromatic N) is 2. The monoisotopic (exact) mass is 584 g/mol. The van der Waals surface area contributed by atoms with Gasteiger partial charge in [-0.1, -0.05) is 50.6 Å². The molecule has 2 amide bonds. The highest BCUT2D eigenvalue weighted by Gasteiger charge is 2.46. The number of thioether (sulfide) groups is 1. The number of carboxylic acid groups (broad SMARTS) is 1. The van der Waals surface area contributed by atoms with Crippen molar-refractivity contribution in [3.05, 3.63) is 58.1 Å². The van der Waals surface area contributed by atoms with Gasteiger partial charge in [0, 0.05) is 36.1 Å². The van der Waals surface area contributed by atoms with E-state index < -0.39 is 17.1 Å². The smallest absolute Gasteiger partial charge is 0.306 e. The van der Waals surface area contributed by atoms with E-state index in [0.29, 0.717) is 31.0 Å². The van der Waals surface area contributed by atoms with Crippen LogP contribution >= 0.6 is 23.4 Å². The highest BCUT2D eigenvalue weighted by molar-refractivity contribution is 8.01. The Morgan fingerprint density at radius 2 is 1.80 bits per heavy atom. The number of aryl methyl sites for hydroxylation is 1. The second-order valence-electron chi connectivity index (χ2n) is 12.1. The van der Waals surface area contributed by atoms with Crippen LogP contribution in [0.25, 0.3) is 0 Å². The zero-order valence-corrected chi connectivity index (χ0v) is 25.1. The number of halogens is 1. The number of likely N-dealkylation sites (tertiary alicyclic amines) is 1. The number of benzene rings is 2. The molecule has 1 N–H and O–H groups in total. The van der Waals surface area contributed by atoms with Crippen LogP contribution in [0.4, 0.5) is 5.69 Å². The standard InChI is InChI=1S/C31H37ClN2O5S/c1-31(2,3)25-10-9-19-15-20(32)16-22-27(19)34(25)29(36)24(40-28(22)21-7-5-6-8-23(21)39-4)17-26(35)33-13-11-18(12-14-33)30(37)38/h5-8,15-16,18,24-25,28H,9-14,17H2,1-4H3,(H,37,38)/t24-,25+,28-/m1/s1. The van der Waals surface area contributed by atoms with Crippen molar-refractivity contribution < 1.29 is 24.2 Å². The van der Waals surface area contributed by atoms with Gasteiger partial charge < -0.3 is 19.6 Å². The highest BCUT2D eigenvalue weighted by atomic mass is 35.5. The number of piperidine rings is 1. The summed E-state index contributed by atoms with van der Waals surface area (Å²) < 4.78 is 5.76. The van der Waals surface area contributed by atoms with Crippen LogP contribution in [0.3, 0.4) is 0 Å². The molecule has 5 rings (SSSR count). The molecule has 7 nitrogen and oxygen atoms in total. The van der Waals surface area contributed by atoms with Crippen molar-refractivity contribution in [3.63, 3.8) is 0 Å². The first-order valence-corrected chi connectivity index (χ1v) is 15.3. The number of carbonyl (C=O) groups is 3. The molecule has 1 saturated heterocycles. The van der Waals surface area contributed by atoms with Gasteiger partial charge in [-0.3, -0.25) is 14.4 Å². The number of aliphatic carboxylic acids is 1. The first kappa shape index (κ1) is 28.8. The van der Waals surface area contributed by atoms with Gasteiger partial charge in [-0.15, -0.1) is 11.8 Å². The lowest BCUT2D eigenvalue weighted by atomic mass is 9.78. The van der Waals surface area contributed by atoms with E-state index in [1.165, 1.54) is 11.8 Å². The first-order chi connectivity index (χ1) is 19.0. The molecule has 0 saturated carbocycles. The number of ether oxygens (including phenoxy) is 1. The average molecular weight is 585 g/mol. The lowest BCUT2D eigenvalue weighted by Crippen LogP contribution is -2.53. The summed E-state index contributed by atoms with van der Waals surface area (Å²) in [7, 11) is 1.64. The lowest BCUT2D eigenvalue weighted by molar-refractivity contribution is -0.145. The lowest BCUT2D eigenvalue weighted by Gasteiger charge is -2.45. The van der Waals surface area contributed by atoms with Gasteiger partial charge in [-0.05, 0) is 60.4 Å². The van der Waals surface area contributed by atoms with Gasteiger partial charge >= 0.3 is 5.97 Å². The largest absolute Gasteiger partial charge is 0.496 e. The topological polar surface area (TPSA) is 87.1 Å². The van der Waals surface area contributed by atoms with Crippen molar-refractivity contribution in [1.82, 2.24) is 4.90 Å². The minimum atomic E-state index is -0.813. The summed E-state index contributed by atoms with van der Waals surface area (Å²) in [6.07, 6.45) is 2.55. The molecular weight excluding hydrogens is 548 g/mol. The third-order valence-electron chi connectivity index (χ3n) is 8.50. The molecule has 3 aliphatic rings. The molecule has 0 aliphatic carbocycles. The molecular formula is C31H37ClN2O5S. The Balaban J connectivity index is 1.58. The van der Waals surface area contributed by atoms with E-state index >= 15 is 0 Å². The van der Waals surface area contributed by atoms with Crippen LogP contribution in [0.5, 0.6) is 5.75 Å². The number of carboxylic acids is 1. The number of methoxy groups -OCH3 is 1. The minimum absolute atomic E-state index is 0.0339. The molecule has 9 heteroatoms. The Bertz CT molecular complexity index is 1320. The zero-order chi connectivity index (χ0) is 28.8. The van der Waals surface area contributed by atoms with E-state index in [9.17, 15) is 19.5 Å². The molecule has 0 radical (unpaired) electrons. The minimum Gasteiger partial charge on any atom is -0.496 e. The van der Waals surface area contributed by atoms with Crippen molar-refractivity contribution in [2.75, 3.05) is 25.1 Å². The van der Waals surface area contributed by atoms with Crippen LogP contribution < -0.4 is 9.64 Å². The van der Waals surface area contributed by atoms with Gasteiger partial charge in [0.15, 0.2) is 0 Å². The van der Waals surface area contributed by atoms with Crippen molar-refractivity contribution in [3.8, 4) is 5.75 Å². The maximum atomic E-state index is 14.6. The Morgan fingerprint density at radius 3 is 2.45 bits per heavy atom. The summed E-state index contributed by atoms with van der Waals surface area (Å²) in [6.45, 7) is 7.27. The fourth-order valence-corrected chi connectivity index (χ4v) is 8.11. The Labute approximate surface area is 245 Å². The quantitative estimate of drug-likeness (QED) is 0.466. The SMILES string of the molecule is COc1ccccc1[C@H]1S[C@H](CC(=O)N2CCC(C(=O)O)CC2)C(=O)N2c3c(cc(Cl)cc31)CC[C@H]2C(C)(C)C. The number of para-hydroxylation sites is 1. The first-order valence-electron chi connectivity index (χ1n) is 13.9. The normalized spacial score (nSPS) is 23.4. The Kier molecular flexibility index (Phi) is 8.13. The average Bonchev–Trinajstić information content (AvgIpc) is 3.03. The van der Waals surface area contributed by atoms with Gasteiger partial charge in [0.05, 0.1) is 29.2 Å². The van der Waals surface area contributed by atoms with E-state index in [0.717, 1.165) is 41.0 Å². The predicted molar refractivity (Wildman–Crippen MR) is 158 cm³/mol. The van der Waals surface area contributed by atoms with Gasteiger partial charge in [0.1, 0.15) is 5.75 Å². The van der Waals surface area contributed by atoms with Gasteiger partial charge in [-0.25, -0.2) is 0 Å². The van der Waals surface area contributed by atoms with Crippen molar-refractivity contribution in [2.45, 2.75) is 69.4 Å². The summed E-state index contributed by atoms with van der Waals surface area (Å²) in [5, 5.41) is 9.11. The van der Waals surface area contributed by atoms with Crippen LogP contribution in [0.15, 0.2) is 36.4 Å². The summed E-state index contributed by atoms with van der Waals surface area (Å²) in [4.78, 5) is 43.3. The highest BCUT2D eigenvalue weighted by Crippen LogP contribution is 2.54. The van der Waals surface area contributed by atoms with Gasteiger partial charge in [0.25, 0.3) is 0 Å². The Hall–Kier alpha value is -2.71. The molecule has 0 spiro atoms. The maximum absolute atomic E-state index is 14.6. The Morgan fingerprint density at radius 1 is 1.10 bits per heavy atom. The summed E-state index contributed by atoms with van der Waals surface area (Å²) in [5.74, 6) is -0.681. The number of anilines is 1. The second kappa shape index (κ2) is 11.3. The second-order valence-corrected chi connectivity index (χ2v) is 13.8. The molecule has 3 atom stereocenters.